The number of pyridine rings is 2. The van der Waals surface area contributed by atoms with Crippen LogP contribution in [0.2, 0.25) is 0 Å². The lowest BCUT2D eigenvalue weighted by Crippen LogP contribution is -2.34. The second-order valence-electron chi connectivity index (χ2n) is 8.03. The molecule has 0 atom stereocenters. The minimum Gasteiger partial charge on any atom is -0.481 e. The van der Waals surface area contributed by atoms with Gasteiger partial charge in [0.2, 0.25) is 6.79 Å². The number of aryl methyl sites for hydroxylation is 1. The van der Waals surface area contributed by atoms with Crippen molar-refractivity contribution in [2.75, 3.05) is 6.79 Å². The van der Waals surface area contributed by atoms with E-state index in [1.807, 2.05) is 19.1 Å². The Bertz CT molecular complexity index is 1590. The molecule has 5 rings (SSSR count). The van der Waals surface area contributed by atoms with E-state index < -0.39 is 11.9 Å². The van der Waals surface area contributed by atoms with E-state index in [1.54, 1.807) is 35.0 Å². The highest BCUT2D eigenvalue weighted by Gasteiger charge is 2.18. The standard InChI is InChI=1S/C23H21N5O4.C2H4O2/c1-2-8-28-20(24)15(11-16-21(28)26-19-5-3-4-9-27(19)23(16)30)22(29)25-12-14-6-7-17-18(10-14)32-13-31-17;1-2(3)4/h3-7,9-11,24H,2,8,12-13H2,1H3,(H,25,29);1H3,(H,3,4). The van der Waals surface area contributed by atoms with E-state index >= 15 is 0 Å². The second kappa shape index (κ2) is 10.3. The first-order valence-corrected chi connectivity index (χ1v) is 11.3. The Morgan fingerprint density at radius 3 is 2.67 bits per heavy atom. The van der Waals surface area contributed by atoms with Crippen LogP contribution in [0.15, 0.2) is 53.5 Å². The van der Waals surface area contributed by atoms with E-state index in [9.17, 15) is 9.59 Å². The van der Waals surface area contributed by atoms with Crippen molar-refractivity contribution in [3.05, 3.63) is 75.6 Å². The molecule has 11 nitrogen and oxygen atoms in total. The summed E-state index contributed by atoms with van der Waals surface area (Å²) in [6.07, 6.45) is 2.37. The van der Waals surface area contributed by atoms with Crippen LogP contribution in [0, 0.1) is 5.41 Å². The summed E-state index contributed by atoms with van der Waals surface area (Å²) in [4.78, 5) is 39.7. The third-order valence-corrected chi connectivity index (χ3v) is 5.40. The van der Waals surface area contributed by atoms with E-state index in [0.29, 0.717) is 34.7 Å². The van der Waals surface area contributed by atoms with E-state index in [2.05, 4.69) is 10.3 Å². The number of carboxylic acids is 1. The molecular weight excluding hydrogens is 466 g/mol. The van der Waals surface area contributed by atoms with Gasteiger partial charge < -0.3 is 24.5 Å². The van der Waals surface area contributed by atoms with Crippen LogP contribution >= 0.6 is 0 Å². The molecule has 36 heavy (non-hydrogen) atoms. The van der Waals surface area contributed by atoms with Crippen molar-refractivity contribution in [1.29, 1.82) is 5.41 Å². The Labute approximate surface area is 205 Å². The molecule has 3 aromatic heterocycles. The van der Waals surface area contributed by atoms with Crippen LogP contribution in [0.3, 0.4) is 0 Å². The number of hydrogen-bond donors (Lipinski definition) is 3. The van der Waals surface area contributed by atoms with Crippen molar-refractivity contribution in [1.82, 2.24) is 19.3 Å². The largest absolute Gasteiger partial charge is 0.481 e. The maximum absolute atomic E-state index is 13.1. The number of carboxylic acid groups (broad SMARTS) is 1. The molecule has 1 aliphatic heterocycles. The maximum Gasteiger partial charge on any atom is 0.300 e. The minimum absolute atomic E-state index is 0.0229. The maximum atomic E-state index is 13.1. The highest BCUT2D eigenvalue weighted by molar-refractivity contribution is 5.96. The van der Waals surface area contributed by atoms with Crippen molar-refractivity contribution in [2.24, 2.45) is 0 Å². The molecule has 0 saturated heterocycles. The molecule has 0 radical (unpaired) electrons. The number of hydrogen-bond acceptors (Lipinski definition) is 7. The van der Waals surface area contributed by atoms with E-state index in [-0.39, 0.29) is 29.9 Å². The molecule has 1 aromatic carbocycles. The van der Waals surface area contributed by atoms with Gasteiger partial charge in [-0.2, -0.15) is 0 Å². The Morgan fingerprint density at radius 2 is 1.92 bits per heavy atom. The first-order valence-electron chi connectivity index (χ1n) is 11.3. The number of nitrogens with one attached hydrogen (secondary N) is 2. The quantitative estimate of drug-likeness (QED) is 0.363. The minimum atomic E-state index is -0.833. The molecule has 1 amide bonds. The van der Waals surface area contributed by atoms with Crippen LogP contribution in [-0.4, -0.2) is 37.7 Å². The lowest BCUT2D eigenvalue weighted by molar-refractivity contribution is -0.134. The molecular formula is C25H25N5O6. The predicted octanol–water partition coefficient (Wildman–Crippen LogP) is 2.29. The average Bonchev–Trinajstić information content (AvgIpc) is 3.32. The number of fused-ring (bicyclic) bond motifs is 3. The summed E-state index contributed by atoms with van der Waals surface area (Å²) in [5.74, 6) is 0.0382. The topological polar surface area (TPSA) is 148 Å². The monoisotopic (exact) mass is 491 g/mol. The van der Waals surface area contributed by atoms with Crippen LogP contribution in [0.5, 0.6) is 11.5 Å². The van der Waals surface area contributed by atoms with Gasteiger partial charge in [-0.1, -0.05) is 19.1 Å². The van der Waals surface area contributed by atoms with Crippen molar-refractivity contribution < 1.29 is 24.2 Å². The molecule has 11 heteroatoms. The molecule has 0 bridgehead atoms. The second-order valence-corrected chi connectivity index (χ2v) is 8.03. The molecule has 1 aliphatic rings. The number of aliphatic carboxylic acids is 1. The van der Waals surface area contributed by atoms with Crippen LogP contribution in [0.1, 0.15) is 36.2 Å². The smallest absolute Gasteiger partial charge is 0.300 e. The number of carbonyl (C=O) groups is 2. The van der Waals surface area contributed by atoms with Crippen molar-refractivity contribution in [2.45, 2.75) is 33.4 Å². The summed E-state index contributed by atoms with van der Waals surface area (Å²) >= 11 is 0. The van der Waals surface area contributed by atoms with Crippen LogP contribution < -0.4 is 25.8 Å². The Kier molecular flexibility index (Phi) is 7.00. The molecule has 3 N–H and O–H groups in total. The molecule has 4 aromatic rings. The fourth-order valence-electron chi connectivity index (χ4n) is 3.83. The van der Waals surface area contributed by atoms with Gasteiger partial charge in [0, 0.05) is 26.2 Å². The molecule has 0 saturated carbocycles. The van der Waals surface area contributed by atoms with Crippen LogP contribution in [0.4, 0.5) is 0 Å². The number of nitrogens with zero attached hydrogens (tertiary/aromatic N) is 3. The summed E-state index contributed by atoms with van der Waals surface area (Å²) in [6.45, 7) is 3.95. The molecule has 0 spiro atoms. The van der Waals surface area contributed by atoms with Crippen molar-refractivity contribution >= 4 is 28.6 Å². The van der Waals surface area contributed by atoms with Gasteiger partial charge in [-0.15, -0.1) is 0 Å². The zero-order chi connectivity index (χ0) is 25.8. The van der Waals surface area contributed by atoms with Gasteiger partial charge in [0.05, 0.1) is 10.9 Å². The normalized spacial score (nSPS) is 11.7. The van der Waals surface area contributed by atoms with E-state index in [4.69, 9.17) is 24.8 Å². The summed E-state index contributed by atoms with van der Waals surface area (Å²) in [6, 6.07) is 12.2. The fourth-order valence-corrected chi connectivity index (χ4v) is 3.83. The number of ether oxygens (including phenoxy) is 2. The lowest BCUT2D eigenvalue weighted by Gasteiger charge is -2.14. The fraction of sp³-hybridized carbons (Fsp3) is 0.240. The van der Waals surface area contributed by atoms with E-state index in [0.717, 1.165) is 18.9 Å². The van der Waals surface area contributed by atoms with Crippen molar-refractivity contribution in [3.8, 4) is 11.5 Å². The Hall–Kier alpha value is -4.67. The number of aromatic nitrogens is 3. The van der Waals surface area contributed by atoms with Crippen LogP contribution in [0.25, 0.3) is 16.7 Å². The highest BCUT2D eigenvalue weighted by atomic mass is 16.7. The molecule has 4 heterocycles. The first kappa shape index (κ1) is 24.5. The Balaban J connectivity index is 0.000000709. The van der Waals surface area contributed by atoms with Crippen molar-refractivity contribution in [3.63, 3.8) is 0 Å². The molecule has 0 unspecified atom stereocenters. The third-order valence-electron chi connectivity index (χ3n) is 5.40. The number of carbonyl (C=O) groups excluding carboxylic acids is 1. The van der Waals surface area contributed by atoms with Gasteiger partial charge in [0.25, 0.3) is 17.4 Å². The summed E-state index contributed by atoms with van der Waals surface area (Å²) < 4.78 is 13.8. The molecule has 186 valence electrons. The van der Waals surface area contributed by atoms with Gasteiger partial charge in [-0.3, -0.25) is 24.2 Å². The number of rotatable bonds is 5. The van der Waals surface area contributed by atoms with Gasteiger partial charge >= 0.3 is 0 Å². The number of amides is 1. The average molecular weight is 492 g/mol. The number of benzene rings is 1. The molecule has 0 aliphatic carbocycles. The lowest BCUT2D eigenvalue weighted by atomic mass is 10.1. The zero-order valence-corrected chi connectivity index (χ0v) is 19.8. The van der Waals surface area contributed by atoms with Gasteiger partial charge in [0.1, 0.15) is 16.8 Å². The Morgan fingerprint density at radius 1 is 1.17 bits per heavy atom. The third kappa shape index (κ3) is 4.90. The predicted molar refractivity (Wildman–Crippen MR) is 130 cm³/mol. The van der Waals surface area contributed by atoms with E-state index in [1.165, 1.54) is 10.5 Å². The SMILES string of the molecule is CC(=O)O.CCCn1c(=N)c(C(=O)NCc2ccc3c(c2)OCO3)cc2c(=O)n3ccccc3nc21. The van der Waals surface area contributed by atoms with Gasteiger partial charge in [-0.25, -0.2) is 4.98 Å². The summed E-state index contributed by atoms with van der Waals surface area (Å²) in [5.41, 5.74) is 1.61. The summed E-state index contributed by atoms with van der Waals surface area (Å²) in [5, 5.41) is 19.2. The highest BCUT2D eigenvalue weighted by Crippen LogP contribution is 2.32. The van der Waals surface area contributed by atoms with Gasteiger partial charge in [-0.05, 0) is 42.3 Å². The molecule has 0 fully saturated rings. The van der Waals surface area contributed by atoms with Crippen LogP contribution in [-0.2, 0) is 17.9 Å². The van der Waals surface area contributed by atoms with Gasteiger partial charge in [0.15, 0.2) is 11.5 Å². The summed E-state index contributed by atoms with van der Waals surface area (Å²) in [7, 11) is 0. The zero-order valence-electron chi connectivity index (χ0n) is 19.8. The first-order chi connectivity index (χ1) is 17.3.